The highest BCUT2D eigenvalue weighted by molar-refractivity contribution is 5.78. The van der Waals surface area contributed by atoms with Crippen LogP contribution in [-0.4, -0.2) is 56.9 Å². The minimum absolute atomic E-state index is 0.0448. The first-order valence-electron chi connectivity index (χ1n) is 15.0. The maximum atomic E-state index is 14.4. The van der Waals surface area contributed by atoms with Crippen LogP contribution < -0.4 is 5.32 Å². The van der Waals surface area contributed by atoms with Gasteiger partial charge in [0.2, 0.25) is 0 Å². The molecule has 3 unspecified atom stereocenters. The molecule has 2 saturated heterocycles. The minimum Gasteiger partial charge on any atom is -0.468 e. The minimum atomic E-state index is -0.668. The lowest BCUT2D eigenvalue weighted by molar-refractivity contribution is -0.147. The molecule has 0 spiro atoms. The fourth-order valence-electron chi connectivity index (χ4n) is 6.04. The number of hydrogen-bond acceptors (Lipinski definition) is 6. The summed E-state index contributed by atoms with van der Waals surface area (Å²) < 4.78 is 31.7. The van der Waals surface area contributed by atoms with Crippen LogP contribution in [0.2, 0.25) is 0 Å². The molecule has 0 aromatic heterocycles. The molecule has 4 rings (SSSR count). The van der Waals surface area contributed by atoms with Gasteiger partial charge in [0.1, 0.15) is 11.9 Å². The number of esters is 1. The van der Waals surface area contributed by atoms with Crippen molar-refractivity contribution in [3.05, 3.63) is 69.7 Å². The maximum Gasteiger partial charge on any atom is 0.327 e. The lowest BCUT2D eigenvalue weighted by Gasteiger charge is -2.29. The zero-order chi connectivity index (χ0) is 28.5. The number of nitrogens with one attached hydrogen (secondary N) is 1. The van der Waals surface area contributed by atoms with Gasteiger partial charge in [-0.05, 0) is 107 Å². The number of carbonyl (C=O) groups is 1. The smallest absolute Gasteiger partial charge is 0.327 e. The van der Waals surface area contributed by atoms with Crippen molar-refractivity contribution >= 4 is 5.97 Å². The molecule has 7 heteroatoms. The normalized spacial score (nSPS) is 22.5. The van der Waals surface area contributed by atoms with Crippen molar-refractivity contribution in [2.24, 2.45) is 0 Å². The largest absolute Gasteiger partial charge is 0.468 e. The summed E-state index contributed by atoms with van der Waals surface area (Å²) in [5, 5.41) is 3.46. The average molecular weight is 555 g/mol. The average Bonchev–Trinajstić information content (AvgIpc) is 3.64. The summed E-state index contributed by atoms with van der Waals surface area (Å²) in [6.07, 6.45) is 12.6. The quantitative estimate of drug-likeness (QED) is 0.176. The first-order chi connectivity index (χ1) is 19.4. The Balaban J connectivity index is 1.29. The van der Waals surface area contributed by atoms with Gasteiger partial charge in [-0.15, -0.1) is 0 Å². The molecule has 3 heterocycles. The highest BCUT2D eigenvalue weighted by Crippen LogP contribution is 2.37. The Morgan fingerprint density at radius 2 is 2.10 bits per heavy atom. The fraction of sp³-hybridized carbons (Fsp3) is 0.606. The summed E-state index contributed by atoms with van der Waals surface area (Å²) in [5.41, 5.74) is 7.00. The van der Waals surface area contributed by atoms with E-state index in [0.29, 0.717) is 31.9 Å². The third kappa shape index (κ3) is 8.05. The molecule has 1 aromatic carbocycles. The third-order valence-electron chi connectivity index (χ3n) is 8.40. The van der Waals surface area contributed by atoms with Gasteiger partial charge in [-0.2, -0.15) is 0 Å². The van der Waals surface area contributed by atoms with Gasteiger partial charge in [-0.1, -0.05) is 23.8 Å². The Bertz CT molecular complexity index is 1100. The molecule has 6 nitrogen and oxygen atoms in total. The SMILES string of the molecule is COC(=O)C(c1cc(F)ccc1C1CCCO1)N1CCC(OCCCCC(/C=C\C2=C(C)NCCC2)=C(C)C)C1. The number of rotatable bonds is 12. The van der Waals surface area contributed by atoms with Crippen LogP contribution in [0, 0.1) is 5.82 Å². The van der Waals surface area contributed by atoms with Crippen LogP contribution in [0.3, 0.4) is 0 Å². The van der Waals surface area contributed by atoms with Gasteiger partial charge in [0.25, 0.3) is 0 Å². The monoisotopic (exact) mass is 554 g/mol. The number of nitrogens with zero attached hydrogens (tertiary/aromatic N) is 1. The third-order valence-corrected chi connectivity index (χ3v) is 8.40. The lowest BCUT2D eigenvalue weighted by Crippen LogP contribution is -2.35. The summed E-state index contributed by atoms with van der Waals surface area (Å²) in [6, 6.07) is 4.02. The zero-order valence-electron chi connectivity index (χ0n) is 24.8. The molecule has 40 heavy (non-hydrogen) atoms. The van der Waals surface area contributed by atoms with E-state index in [9.17, 15) is 9.18 Å². The van der Waals surface area contributed by atoms with E-state index in [-0.39, 0.29) is 24.0 Å². The van der Waals surface area contributed by atoms with Crippen molar-refractivity contribution in [3.8, 4) is 0 Å². The van der Waals surface area contributed by atoms with Gasteiger partial charge in [0.05, 0.1) is 19.3 Å². The summed E-state index contributed by atoms with van der Waals surface area (Å²) in [7, 11) is 1.39. The molecule has 220 valence electrons. The fourth-order valence-corrected chi connectivity index (χ4v) is 6.04. The van der Waals surface area contributed by atoms with E-state index in [1.807, 2.05) is 0 Å². The molecule has 2 fully saturated rings. The molecule has 3 aliphatic rings. The number of unbranched alkanes of at least 4 members (excludes halogenated alkanes) is 1. The molecule has 0 saturated carbocycles. The summed E-state index contributed by atoms with van der Waals surface area (Å²) in [5.74, 6) is -0.728. The molecule has 0 bridgehead atoms. The van der Waals surface area contributed by atoms with E-state index < -0.39 is 6.04 Å². The van der Waals surface area contributed by atoms with Crippen molar-refractivity contribution in [1.29, 1.82) is 0 Å². The number of benzene rings is 1. The van der Waals surface area contributed by atoms with Crippen LogP contribution in [0.4, 0.5) is 4.39 Å². The van der Waals surface area contributed by atoms with Crippen LogP contribution >= 0.6 is 0 Å². The maximum absolute atomic E-state index is 14.4. The van der Waals surface area contributed by atoms with Crippen LogP contribution in [-0.2, 0) is 19.0 Å². The molecule has 3 atom stereocenters. The molecular weight excluding hydrogens is 507 g/mol. The Kier molecular flexibility index (Phi) is 11.4. The molecule has 0 radical (unpaired) electrons. The van der Waals surface area contributed by atoms with Crippen LogP contribution in [0.1, 0.15) is 95.4 Å². The summed E-state index contributed by atoms with van der Waals surface area (Å²) >= 11 is 0. The number of hydrogen-bond donors (Lipinski definition) is 1. The van der Waals surface area contributed by atoms with Crippen LogP contribution in [0.25, 0.3) is 0 Å². The van der Waals surface area contributed by atoms with Gasteiger partial charge in [-0.25, -0.2) is 9.18 Å². The second-order valence-corrected chi connectivity index (χ2v) is 11.5. The Morgan fingerprint density at radius 3 is 2.83 bits per heavy atom. The number of methoxy groups -OCH3 is 1. The highest BCUT2D eigenvalue weighted by Gasteiger charge is 2.37. The predicted octanol–water partition coefficient (Wildman–Crippen LogP) is 6.70. The number of allylic oxidation sites excluding steroid dienone is 6. The Hall–Kier alpha value is -2.48. The number of likely N-dealkylation sites (tertiary alicyclic amines) is 1. The Labute approximate surface area is 239 Å². The molecule has 1 aromatic rings. The number of carbonyl (C=O) groups excluding carboxylic acids is 1. The molecule has 3 aliphatic heterocycles. The highest BCUT2D eigenvalue weighted by atomic mass is 19.1. The van der Waals surface area contributed by atoms with Gasteiger partial charge in [0.15, 0.2) is 0 Å². The molecular formula is C33H47FN2O4. The van der Waals surface area contributed by atoms with Crippen LogP contribution in [0.5, 0.6) is 0 Å². The van der Waals surface area contributed by atoms with Gasteiger partial charge in [0, 0.05) is 38.5 Å². The van der Waals surface area contributed by atoms with Crippen molar-refractivity contribution in [3.63, 3.8) is 0 Å². The van der Waals surface area contributed by atoms with E-state index in [0.717, 1.165) is 57.1 Å². The first-order valence-corrected chi connectivity index (χ1v) is 15.0. The Morgan fingerprint density at radius 1 is 1.25 bits per heavy atom. The summed E-state index contributed by atoms with van der Waals surface area (Å²) in [4.78, 5) is 15.1. The second kappa shape index (κ2) is 14.9. The van der Waals surface area contributed by atoms with Gasteiger partial charge >= 0.3 is 5.97 Å². The van der Waals surface area contributed by atoms with Crippen molar-refractivity contribution < 1.29 is 23.4 Å². The lowest BCUT2D eigenvalue weighted by atomic mass is 9.94. The predicted molar refractivity (Wildman–Crippen MR) is 156 cm³/mol. The second-order valence-electron chi connectivity index (χ2n) is 11.5. The van der Waals surface area contributed by atoms with Crippen molar-refractivity contribution in [2.75, 3.05) is 40.0 Å². The van der Waals surface area contributed by atoms with E-state index in [4.69, 9.17) is 14.2 Å². The van der Waals surface area contributed by atoms with Crippen molar-refractivity contribution in [1.82, 2.24) is 10.2 Å². The van der Waals surface area contributed by atoms with E-state index in [1.165, 1.54) is 48.1 Å². The molecule has 1 N–H and O–H groups in total. The molecule has 0 aliphatic carbocycles. The standard InChI is InChI=1S/C33H47FN2O4/c1-23(2)25(12-13-26-10-7-17-35-24(26)3)9-5-6-19-39-28-16-18-36(22-28)32(33(37)38-4)30-21-27(34)14-15-29(30)31-11-8-20-40-31/h12-15,21,28,31-32,35H,5-11,16-20,22H2,1-4H3/b13-12-. The van der Waals surface area contributed by atoms with E-state index in [1.54, 1.807) is 6.07 Å². The molecule has 0 amide bonds. The van der Waals surface area contributed by atoms with E-state index in [2.05, 4.69) is 43.1 Å². The van der Waals surface area contributed by atoms with E-state index >= 15 is 0 Å². The topological polar surface area (TPSA) is 60.0 Å². The zero-order valence-corrected chi connectivity index (χ0v) is 24.8. The number of ether oxygens (including phenoxy) is 3. The van der Waals surface area contributed by atoms with Gasteiger partial charge < -0.3 is 19.5 Å². The van der Waals surface area contributed by atoms with Crippen molar-refractivity contribution in [2.45, 2.75) is 90.4 Å². The summed E-state index contributed by atoms with van der Waals surface area (Å²) in [6.45, 7) is 10.3. The number of halogens is 1. The van der Waals surface area contributed by atoms with Gasteiger partial charge in [-0.3, -0.25) is 4.90 Å². The van der Waals surface area contributed by atoms with Crippen LogP contribution in [0.15, 0.2) is 52.8 Å². The first kappa shape index (κ1) is 30.5.